The van der Waals surface area contributed by atoms with E-state index in [0.29, 0.717) is 18.4 Å². The Balaban J connectivity index is 2.05. The minimum Gasteiger partial charge on any atom is -0.388 e. The first-order chi connectivity index (χ1) is 5.70. The number of hydrogen-bond acceptors (Lipinski definition) is 3. The lowest BCUT2D eigenvalue weighted by molar-refractivity contribution is 0.0153. The molecule has 70 valence electrons. The molecular weight excluding hydrogens is 156 g/mol. The highest BCUT2D eigenvalue weighted by molar-refractivity contribution is 4.94. The third-order valence-corrected chi connectivity index (χ3v) is 2.92. The molecule has 12 heavy (non-hydrogen) atoms. The van der Waals surface area contributed by atoms with Crippen LogP contribution in [0.2, 0.25) is 0 Å². The lowest BCUT2D eigenvalue weighted by Crippen LogP contribution is -2.30. The number of rotatable bonds is 1. The molecule has 4 atom stereocenters. The molecule has 2 aliphatic heterocycles. The second-order valence-electron chi connectivity index (χ2n) is 4.07. The predicted octanol–water partition coefficient (Wildman–Crippen LogP) is 0.417. The zero-order valence-electron chi connectivity index (χ0n) is 7.56. The van der Waals surface area contributed by atoms with E-state index in [1.165, 1.54) is 0 Å². The van der Waals surface area contributed by atoms with Gasteiger partial charge in [-0.1, -0.05) is 13.8 Å². The molecule has 3 nitrogen and oxygen atoms in total. The van der Waals surface area contributed by atoms with Gasteiger partial charge in [-0.25, -0.2) is 0 Å². The topological polar surface area (TPSA) is 38.7 Å². The van der Waals surface area contributed by atoms with Crippen molar-refractivity contribution in [2.45, 2.75) is 32.2 Å². The van der Waals surface area contributed by atoms with Crippen molar-refractivity contribution in [1.82, 2.24) is 0 Å². The van der Waals surface area contributed by atoms with Crippen LogP contribution in [0.25, 0.3) is 0 Å². The van der Waals surface area contributed by atoms with Crippen molar-refractivity contribution >= 4 is 0 Å². The highest BCUT2D eigenvalue weighted by Gasteiger charge is 2.47. The molecule has 0 bridgehead atoms. The van der Waals surface area contributed by atoms with Gasteiger partial charge in [0.15, 0.2) is 0 Å². The number of aliphatic hydroxyl groups excluding tert-OH is 1. The molecule has 0 unspecified atom stereocenters. The van der Waals surface area contributed by atoms with Crippen molar-refractivity contribution in [3.05, 3.63) is 0 Å². The summed E-state index contributed by atoms with van der Waals surface area (Å²) in [6.45, 7) is 5.53. The predicted molar refractivity (Wildman–Crippen MR) is 43.8 cm³/mol. The van der Waals surface area contributed by atoms with Gasteiger partial charge in [-0.05, 0) is 5.92 Å². The molecular formula is C9H16O3. The first-order valence-corrected chi connectivity index (χ1v) is 4.61. The molecule has 0 radical (unpaired) electrons. The highest BCUT2D eigenvalue weighted by atomic mass is 16.6. The highest BCUT2D eigenvalue weighted by Crippen LogP contribution is 2.34. The van der Waals surface area contributed by atoms with Gasteiger partial charge in [0.25, 0.3) is 0 Å². The molecule has 0 aromatic heterocycles. The standard InChI is InChI=1S/C9H16O3/c1-5(2)6-3-11-9-7(10)4-12-8(6)9/h5-10H,3-4H2,1-2H3/t6-,7-,8+,9+/m1/s1. The lowest BCUT2D eigenvalue weighted by atomic mass is 9.90. The van der Waals surface area contributed by atoms with Crippen LogP contribution in [0.5, 0.6) is 0 Å². The average Bonchev–Trinajstić information content (AvgIpc) is 2.53. The molecule has 2 aliphatic rings. The van der Waals surface area contributed by atoms with E-state index in [4.69, 9.17) is 9.47 Å². The van der Waals surface area contributed by atoms with Crippen LogP contribution >= 0.6 is 0 Å². The Kier molecular flexibility index (Phi) is 2.10. The van der Waals surface area contributed by atoms with Crippen molar-refractivity contribution in [2.24, 2.45) is 11.8 Å². The van der Waals surface area contributed by atoms with E-state index in [9.17, 15) is 5.11 Å². The van der Waals surface area contributed by atoms with Crippen LogP contribution < -0.4 is 0 Å². The van der Waals surface area contributed by atoms with Crippen molar-refractivity contribution < 1.29 is 14.6 Å². The molecule has 2 rings (SSSR count). The quantitative estimate of drug-likeness (QED) is 0.623. The largest absolute Gasteiger partial charge is 0.388 e. The minimum atomic E-state index is -0.404. The summed E-state index contributed by atoms with van der Waals surface area (Å²) in [4.78, 5) is 0. The first kappa shape index (κ1) is 8.48. The Morgan fingerprint density at radius 2 is 1.83 bits per heavy atom. The zero-order valence-corrected chi connectivity index (χ0v) is 7.56. The molecule has 0 saturated carbocycles. The lowest BCUT2D eigenvalue weighted by Gasteiger charge is -2.18. The summed E-state index contributed by atoms with van der Waals surface area (Å²) in [7, 11) is 0. The van der Waals surface area contributed by atoms with Gasteiger partial charge in [0.2, 0.25) is 0 Å². The molecule has 1 N–H and O–H groups in total. The monoisotopic (exact) mass is 172 g/mol. The van der Waals surface area contributed by atoms with E-state index in [2.05, 4.69) is 13.8 Å². The van der Waals surface area contributed by atoms with Gasteiger partial charge in [0.05, 0.1) is 19.3 Å². The number of ether oxygens (including phenoxy) is 2. The average molecular weight is 172 g/mol. The summed E-state index contributed by atoms with van der Waals surface area (Å²) in [5.74, 6) is 1.04. The van der Waals surface area contributed by atoms with Crippen molar-refractivity contribution in [3.8, 4) is 0 Å². The SMILES string of the molecule is CC(C)[C@H]1CO[C@@H]2[C@H]1OC[C@H]2O. The van der Waals surface area contributed by atoms with Crippen LogP contribution in [0.1, 0.15) is 13.8 Å². The number of aliphatic hydroxyl groups is 1. The zero-order chi connectivity index (χ0) is 8.72. The Hall–Kier alpha value is -0.120. The van der Waals surface area contributed by atoms with Gasteiger partial charge in [-0.2, -0.15) is 0 Å². The Bertz CT molecular complexity index is 169. The summed E-state index contributed by atoms with van der Waals surface area (Å²) >= 11 is 0. The number of fused-ring (bicyclic) bond motifs is 1. The van der Waals surface area contributed by atoms with Gasteiger partial charge < -0.3 is 14.6 Å². The molecule has 0 amide bonds. The van der Waals surface area contributed by atoms with Crippen LogP contribution in [0.3, 0.4) is 0 Å². The maximum absolute atomic E-state index is 9.45. The van der Waals surface area contributed by atoms with E-state index >= 15 is 0 Å². The third-order valence-electron chi connectivity index (χ3n) is 2.92. The van der Waals surface area contributed by atoms with E-state index in [1.54, 1.807) is 0 Å². The number of hydrogen-bond donors (Lipinski definition) is 1. The molecule has 0 spiro atoms. The molecule has 0 aromatic carbocycles. The van der Waals surface area contributed by atoms with Crippen LogP contribution in [0, 0.1) is 11.8 Å². The first-order valence-electron chi connectivity index (χ1n) is 4.61. The Morgan fingerprint density at radius 3 is 2.50 bits per heavy atom. The molecule has 3 heteroatoms. The van der Waals surface area contributed by atoms with E-state index in [0.717, 1.165) is 6.61 Å². The molecule has 0 aliphatic carbocycles. The van der Waals surface area contributed by atoms with Crippen LogP contribution in [-0.4, -0.2) is 36.6 Å². The molecule has 2 fully saturated rings. The van der Waals surface area contributed by atoms with Gasteiger partial charge in [0.1, 0.15) is 12.2 Å². The van der Waals surface area contributed by atoms with Crippen molar-refractivity contribution in [2.75, 3.05) is 13.2 Å². The van der Waals surface area contributed by atoms with Crippen LogP contribution in [-0.2, 0) is 9.47 Å². The van der Waals surface area contributed by atoms with E-state index in [-0.39, 0.29) is 12.2 Å². The molecule has 2 saturated heterocycles. The Labute approximate surface area is 72.7 Å². The minimum absolute atomic E-state index is 0.0580. The van der Waals surface area contributed by atoms with Gasteiger partial charge in [-0.3, -0.25) is 0 Å². The summed E-state index contributed by atoms with van der Waals surface area (Å²) in [5, 5.41) is 9.45. The summed E-state index contributed by atoms with van der Waals surface area (Å²) in [6.07, 6.45) is -0.323. The summed E-state index contributed by atoms with van der Waals surface area (Å²) < 4.78 is 11.0. The third kappa shape index (κ3) is 1.16. The smallest absolute Gasteiger partial charge is 0.112 e. The van der Waals surface area contributed by atoms with E-state index in [1.807, 2.05) is 0 Å². The van der Waals surface area contributed by atoms with Crippen molar-refractivity contribution in [1.29, 1.82) is 0 Å². The van der Waals surface area contributed by atoms with E-state index < -0.39 is 6.10 Å². The summed E-state index contributed by atoms with van der Waals surface area (Å²) in [6, 6.07) is 0. The van der Waals surface area contributed by atoms with Crippen LogP contribution in [0.15, 0.2) is 0 Å². The fraction of sp³-hybridized carbons (Fsp3) is 1.00. The normalized spacial score (nSPS) is 47.0. The Morgan fingerprint density at radius 1 is 1.17 bits per heavy atom. The fourth-order valence-corrected chi connectivity index (χ4v) is 2.08. The van der Waals surface area contributed by atoms with Crippen molar-refractivity contribution in [3.63, 3.8) is 0 Å². The summed E-state index contributed by atoms with van der Waals surface area (Å²) in [5.41, 5.74) is 0. The maximum Gasteiger partial charge on any atom is 0.112 e. The second kappa shape index (κ2) is 2.98. The van der Waals surface area contributed by atoms with Crippen LogP contribution in [0.4, 0.5) is 0 Å². The van der Waals surface area contributed by atoms with Gasteiger partial charge in [-0.15, -0.1) is 0 Å². The fourth-order valence-electron chi connectivity index (χ4n) is 2.08. The second-order valence-corrected chi connectivity index (χ2v) is 4.07. The van der Waals surface area contributed by atoms with Gasteiger partial charge >= 0.3 is 0 Å². The maximum atomic E-state index is 9.45. The molecule has 2 heterocycles. The molecule has 0 aromatic rings. The van der Waals surface area contributed by atoms with Gasteiger partial charge in [0, 0.05) is 5.92 Å².